The van der Waals surface area contributed by atoms with Gasteiger partial charge in [0, 0.05) is 32.6 Å². The molecule has 1 heterocycles. The summed E-state index contributed by atoms with van der Waals surface area (Å²) >= 11 is 1.71. The highest BCUT2D eigenvalue weighted by molar-refractivity contribution is 7.09. The first-order valence-corrected chi connectivity index (χ1v) is 8.14. The molecule has 1 aromatic heterocycles. The largest absolute Gasteiger partial charge is 0.351 e. The number of unbranched alkanes of at least 4 members (excludes halogenated alkanes) is 1. The normalized spacial score (nSPS) is 11.3. The fraction of sp³-hybridized carbons (Fsp3) is 0.600. The van der Waals surface area contributed by atoms with E-state index >= 15 is 0 Å². The topological polar surface area (TPSA) is 47.9 Å². The van der Waals surface area contributed by atoms with Crippen LogP contribution in [0.3, 0.4) is 0 Å². The zero-order valence-electron chi connectivity index (χ0n) is 13.4. The van der Waals surface area contributed by atoms with Crippen molar-refractivity contribution in [1.29, 1.82) is 0 Å². The molecule has 1 aromatic rings. The zero-order valence-corrected chi connectivity index (χ0v) is 14.2. The molecule has 21 heavy (non-hydrogen) atoms. The maximum atomic E-state index is 11.7. The molecule has 0 radical (unpaired) electrons. The van der Waals surface area contributed by atoms with Crippen molar-refractivity contribution in [2.75, 3.05) is 34.2 Å². The number of carbonyl (C=O) groups excluding carboxylic acids is 1. The number of rotatable bonds is 7. The van der Waals surface area contributed by atoms with Crippen LogP contribution in [-0.4, -0.2) is 55.9 Å². The molecule has 0 aliphatic carbocycles. The molecule has 0 atom stereocenters. The van der Waals surface area contributed by atoms with E-state index in [0.29, 0.717) is 0 Å². The van der Waals surface area contributed by atoms with Crippen LogP contribution in [0.25, 0.3) is 0 Å². The summed E-state index contributed by atoms with van der Waals surface area (Å²) in [5.41, 5.74) is 0. The number of hydrogen-bond donors (Lipinski definition) is 1. The third-order valence-corrected chi connectivity index (χ3v) is 3.95. The van der Waals surface area contributed by atoms with Gasteiger partial charge in [-0.25, -0.2) is 4.99 Å². The summed E-state index contributed by atoms with van der Waals surface area (Å²) in [6.45, 7) is 4.02. The molecular formula is C15H26N4OS. The van der Waals surface area contributed by atoms with Crippen LogP contribution in [0.15, 0.2) is 22.5 Å². The molecule has 5 nitrogen and oxygen atoms in total. The van der Waals surface area contributed by atoms with Crippen molar-refractivity contribution in [2.24, 2.45) is 4.99 Å². The van der Waals surface area contributed by atoms with Gasteiger partial charge in [0.2, 0.25) is 5.91 Å². The van der Waals surface area contributed by atoms with E-state index in [1.54, 1.807) is 30.3 Å². The molecule has 1 amide bonds. The van der Waals surface area contributed by atoms with Gasteiger partial charge in [-0.1, -0.05) is 19.4 Å². The Morgan fingerprint density at radius 1 is 1.38 bits per heavy atom. The third-order valence-electron chi connectivity index (χ3n) is 3.07. The monoisotopic (exact) mass is 310 g/mol. The lowest BCUT2D eigenvalue weighted by molar-refractivity contribution is -0.127. The van der Waals surface area contributed by atoms with Gasteiger partial charge in [0.1, 0.15) is 6.54 Å². The van der Waals surface area contributed by atoms with Crippen LogP contribution in [-0.2, 0) is 11.3 Å². The first kappa shape index (κ1) is 17.5. The van der Waals surface area contributed by atoms with E-state index in [4.69, 9.17) is 0 Å². The van der Waals surface area contributed by atoms with Crippen LogP contribution in [0.4, 0.5) is 0 Å². The van der Waals surface area contributed by atoms with Crippen molar-refractivity contribution < 1.29 is 4.79 Å². The summed E-state index contributed by atoms with van der Waals surface area (Å²) in [6.07, 6.45) is 2.25. The average Bonchev–Trinajstić information content (AvgIpc) is 2.97. The van der Waals surface area contributed by atoms with Crippen LogP contribution in [0, 0.1) is 0 Å². The summed E-state index contributed by atoms with van der Waals surface area (Å²) < 4.78 is 0. The minimum Gasteiger partial charge on any atom is -0.351 e. The second-order valence-electron chi connectivity index (χ2n) is 5.14. The van der Waals surface area contributed by atoms with E-state index in [0.717, 1.165) is 31.9 Å². The number of carbonyl (C=O) groups is 1. The Bertz CT molecular complexity index is 443. The minimum absolute atomic E-state index is 0.00863. The molecule has 0 aliphatic rings. The minimum atomic E-state index is 0.00863. The number of aliphatic imine (C=N–C) groups is 1. The van der Waals surface area contributed by atoms with Gasteiger partial charge in [0.05, 0.1) is 6.54 Å². The number of likely N-dealkylation sites (N-methyl/N-ethyl adjacent to an activating group) is 1. The Morgan fingerprint density at radius 2 is 2.14 bits per heavy atom. The first-order valence-electron chi connectivity index (χ1n) is 7.26. The van der Waals surface area contributed by atoms with Gasteiger partial charge >= 0.3 is 0 Å². The van der Waals surface area contributed by atoms with E-state index < -0.39 is 0 Å². The number of thiophene rings is 1. The molecule has 118 valence electrons. The number of nitrogens with one attached hydrogen (secondary N) is 1. The van der Waals surface area contributed by atoms with E-state index in [1.165, 1.54) is 4.88 Å². The maximum Gasteiger partial charge on any atom is 0.243 e. The highest BCUT2D eigenvalue weighted by Gasteiger charge is 2.08. The fourth-order valence-corrected chi connectivity index (χ4v) is 2.32. The average molecular weight is 310 g/mol. The van der Waals surface area contributed by atoms with Crippen LogP contribution < -0.4 is 5.32 Å². The van der Waals surface area contributed by atoms with Gasteiger partial charge in [-0.2, -0.15) is 0 Å². The van der Waals surface area contributed by atoms with E-state index in [9.17, 15) is 4.79 Å². The maximum absolute atomic E-state index is 11.7. The Kier molecular flexibility index (Phi) is 7.82. The SMILES string of the molecule is CCCCN(C)C(=NCC(=O)N(C)C)NCc1cccs1. The Hall–Kier alpha value is -1.56. The number of guanidine groups is 1. The van der Waals surface area contributed by atoms with Crippen molar-refractivity contribution >= 4 is 23.2 Å². The van der Waals surface area contributed by atoms with Gasteiger partial charge in [0.25, 0.3) is 0 Å². The molecule has 1 rings (SSSR count). The quantitative estimate of drug-likeness (QED) is 0.619. The lowest BCUT2D eigenvalue weighted by Crippen LogP contribution is -2.40. The lowest BCUT2D eigenvalue weighted by atomic mass is 10.3. The van der Waals surface area contributed by atoms with Crippen molar-refractivity contribution in [1.82, 2.24) is 15.1 Å². The molecule has 0 saturated heterocycles. The summed E-state index contributed by atoms with van der Waals surface area (Å²) in [4.78, 5) is 21.0. The molecule has 1 N–H and O–H groups in total. The molecule has 0 saturated carbocycles. The van der Waals surface area contributed by atoms with Crippen molar-refractivity contribution in [3.05, 3.63) is 22.4 Å². The predicted octanol–water partition coefficient (Wildman–Crippen LogP) is 2.01. The molecule has 0 unspecified atom stereocenters. The third kappa shape index (κ3) is 6.62. The van der Waals surface area contributed by atoms with Crippen molar-refractivity contribution in [3.63, 3.8) is 0 Å². The predicted molar refractivity (Wildman–Crippen MR) is 89.7 cm³/mol. The summed E-state index contributed by atoms with van der Waals surface area (Å²) in [7, 11) is 5.50. The van der Waals surface area contributed by atoms with E-state index in [2.05, 4.69) is 33.6 Å². The highest BCUT2D eigenvalue weighted by atomic mass is 32.1. The van der Waals surface area contributed by atoms with Gasteiger partial charge < -0.3 is 15.1 Å². The highest BCUT2D eigenvalue weighted by Crippen LogP contribution is 2.07. The summed E-state index contributed by atoms with van der Waals surface area (Å²) in [6, 6.07) is 4.13. The number of hydrogen-bond acceptors (Lipinski definition) is 3. The Labute approximate surface area is 131 Å². The van der Waals surface area contributed by atoms with Crippen molar-refractivity contribution in [3.8, 4) is 0 Å². The fourth-order valence-electron chi connectivity index (χ4n) is 1.68. The zero-order chi connectivity index (χ0) is 15.7. The Balaban J connectivity index is 2.63. The van der Waals surface area contributed by atoms with Crippen LogP contribution in [0.2, 0.25) is 0 Å². The van der Waals surface area contributed by atoms with Gasteiger partial charge in [0.15, 0.2) is 5.96 Å². The molecule has 0 fully saturated rings. The molecule has 0 aliphatic heterocycles. The van der Waals surface area contributed by atoms with Gasteiger partial charge in [-0.05, 0) is 17.9 Å². The smallest absolute Gasteiger partial charge is 0.243 e. The number of nitrogens with zero attached hydrogens (tertiary/aromatic N) is 3. The molecular weight excluding hydrogens is 284 g/mol. The number of amides is 1. The van der Waals surface area contributed by atoms with Crippen molar-refractivity contribution in [2.45, 2.75) is 26.3 Å². The molecule has 0 bridgehead atoms. The molecule has 6 heteroatoms. The van der Waals surface area contributed by atoms with Crippen LogP contribution in [0.5, 0.6) is 0 Å². The summed E-state index contributed by atoms with van der Waals surface area (Å²) in [5, 5.41) is 5.40. The Morgan fingerprint density at radius 3 is 2.71 bits per heavy atom. The van der Waals surface area contributed by atoms with E-state index in [-0.39, 0.29) is 12.5 Å². The van der Waals surface area contributed by atoms with E-state index in [1.807, 2.05) is 13.1 Å². The second-order valence-corrected chi connectivity index (χ2v) is 6.17. The van der Waals surface area contributed by atoms with Gasteiger partial charge in [-0.15, -0.1) is 11.3 Å². The lowest BCUT2D eigenvalue weighted by Gasteiger charge is -2.22. The molecule has 0 spiro atoms. The van der Waals surface area contributed by atoms with Gasteiger partial charge in [-0.3, -0.25) is 4.79 Å². The first-order chi connectivity index (χ1) is 10.0. The molecule has 0 aromatic carbocycles. The summed E-state index contributed by atoms with van der Waals surface area (Å²) in [5.74, 6) is 0.793. The van der Waals surface area contributed by atoms with Crippen LogP contribution in [0.1, 0.15) is 24.6 Å². The standard InChI is InChI=1S/C15H26N4OS/c1-5-6-9-19(4)15(17-12-14(20)18(2)3)16-11-13-8-7-10-21-13/h7-8,10H,5-6,9,11-12H2,1-4H3,(H,16,17). The van der Waals surface area contributed by atoms with Crippen LogP contribution >= 0.6 is 11.3 Å². The second kappa shape index (κ2) is 9.39.